The minimum Gasteiger partial charge on any atom is -0.496 e. The fourth-order valence-corrected chi connectivity index (χ4v) is 1.75. The standard InChI is InChI=1S/C12H19NO2/c1-8-6-10(12(14)13(3)4)7-9(2)11(8)15-5/h6-7,12,14H,1-5H3. The number of rotatable bonds is 3. The van der Waals surface area contributed by atoms with Gasteiger partial charge in [0.25, 0.3) is 0 Å². The number of hydrogen-bond donors (Lipinski definition) is 1. The summed E-state index contributed by atoms with van der Waals surface area (Å²) >= 11 is 0. The Morgan fingerprint density at radius 1 is 1.20 bits per heavy atom. The third kappa shape index (κ3) is 2.49. The highest BCUT2D eigenvalue weighted by Gasteiger charge is 2.13. The number of hydrogen-bond acceptors (Lipinski definition) is 3. The second-order valence-electron chi connectivity index (χ2n) is 4.03. The zero-order chi connectivity index (χ0) is 11.6. The van der Waals surface area contributed by atoms with Gasteiger partial charge in [-0.3, -0.25) is 4.90 Å². The summed E-state index contributed by atoms with van der Waals surface area (Å²) in [5.41, 5.74) is 3.00. The lowest BCUT2D eigenvalue weighted by atomic mass is 10.0. The monoisotopic (exact) mass is 209 g/mol. The first-order valence-electron chi connectivity index (χ1n) is 4.97. The van der Waals surface area contributed by atoms with Crippen LogP contribution in [-0.2, 0) is 0 Å². The number of aliphatic hydroxyl groups excluding tert-OH is 1. The summed E-state index contributed by atoms with van der Waals surface area (Å²) in [5, 5.41) is 9.90. The van der Waals surface area contributed by atoms with E-state index in [1.165, 1.54) is 0 Å². The largest absolute Gasteiger partial charge is 0.496 e. The number of nitrogens with zero attached hydrogens (tertiary/aromatic N) is 1. The lowest BCUT2D eigenvalue weighted by molar-refractivity contribution is 0.0394. The van der Waals surface area contributed by atoms with Crippen molar-refractivity contribution in [2.75, 3.05) is 21.2 Å². The Bertz CT molecular complexity index is 324. The smallest absolute Gasteiger partial charge is 0.133 e. The van der Waals surface area contributed by atoms with Crippen LogP contribution >= 0.6 is 0 Å². The predicted octanol–water partition coefficient (Wildman–Crippen LogP) is 1.86. The van der Waals surface area contributed by atoms with Gasteiger partial charge in [-0.15, -0.1) is 0 Å². The Balaban J connectivity index is 3.14. The van der Waals surface area contributed by atoms with Gasteiger partial charge in [0.05, 0.1) is 7.11 Å². The van der Waals surface area contributed by atoms with Crippen molar-refractivity contribution in [3.8, 4) is 5.75 Å². The number of ether oxygens (including phenoxy) is 1. The fraction of sp³-hybridized carbons (Fsp3) is 0.500. The van der Waals surface area contributed by atoms with Gasteiger partial charge in [-0.25, -0.2) is 0 Å². The molecule has 1 aromatic carbocycles. The van der Waals surface area contributed by atoms with E-state index in [2.05, 4.69) is 0 Å². The van der Waals surface area contributed by atoms with Crippen LogP contribution in [0.25, 0.3) is 0 Å². The maximum absolute atomic E-state index is 9.90. The summed E-state index contributed by atoms with van der Waals surface area (Å²) in [6, 6.07) is 3.91. The quantitative estimate of drug-likeness (QED) is 0.771. The molecule has 0 radical (unpaired) electrons. The lowest BCUT2D eigenvalue weighted by Crippen LogP contribution is -2.19. The Morgan fingerprint density at radius 2 is 1.67 bits per heavy atom. The van der Waals surface area contributed by atoms with Gasteiger partial charge in [0.15, 0.2) is 0 Å². The molecule has 0 amide bonds. The van der Waals surface area contributed by atoms with Crippen molar-refractivity contribution < 1.29 is 9.84 Å². The lowest BCUT2D eigenvalue weighted by Gasteiger charge is -2.20. The minimum absolute atomic E-state index is 0.562. The van der Waals surface area contributed by atoms with Crippen molar-refractivity contribution in [3.63, 3.8) is 0 Å². The summed E-state index contributed by atoms with van der Waals surface area (Å²) in [6.45, 7) is 3.97. The topological polar surface area (TPSA) is 32.7 Å². The van der Waals surface area contributed by atoms with Crippen LogP contribution in [0.3, 0.4) is 0 Å². The SMILES string of the molecule is COc1c(C)cc(C(O)N(C)C)cc1C. The van der Waals surface area contributed by atoms with Crippen molar-refractivity contribution >= 4 is 0 Å². The van der Waals surface area contributed by atoms with Crippen LogP contribution in [0.1, 0.15) is 22.9 Å². The molecular formula is C12H19NO2. The summed E-state index contributed by atoms with van der Waals surface area (Å²) in [5.74, 6) is 0.893. The summed E-state index contributed by atoms with van der Waals surface area (Å²) in [6.07, 6.45) is -0.562. The molecular weight excluding hydrogens is 190 g/mol. The second kappa shape index (κ2) is 4.64. The van der Waals surface area contributed by atoms with E-state index in [1.54, 1.807) is 12.0 Å². The number of benzene rings is 1. The van der Waals surface area contributed by atoms with Crippen LogP contribution in [0.4, 0.5) is 0 Å². The molecule has 0 bridgehead atoms. The molecule has 1 atom stereocenters. The zero-order valence-electron chi connectivity index (χ0n) is 10.0. The highest BCUT2D eigenvalue weighted by Crippen LogP contribution is 2.27. The van der Waals surface area contributed by atoms with Crippen molar-refractivity contribution in [3.05, 3.63) is 28.8 Å². The molecule has 1 unspecified atom stereocenters. The normalized spacial score (nSPS) is 13.0. The van der Waals surface area contributed by atoms with Crippen LogP contribution in [-0.4, -0.2) is 31.2 Å². The molecule has 1 N–H and O–H groups in total. The van der Waals surface area contributed by atoms with Gasteiger partial charge in [-0.1, -0.05) is 0 Å². The third-order valence-corrected chi connectivity index (χ3v) is 2.47. The molecule has 0 saturated heterocycles. The molecule has 0 aliphatic rings. The van der Waals surface area contributed by atoms with E-state index in [0.717, 1.165) is 22.4 Å². The average Bonchev–Trinajstić information content (AvgIpc) is 2.15. The van der Waals surface area contributed by atoms with Gasteiger partial charge in [0, 0.05) is 0 Å². The van der Waals surface area contributed by atoms with E-state index in [4.69, 9.17) is 4.74 Å². The van der Waals surface area contributed by atoms with Gasteiger partial charge in [0.2, 0.25) is 0 Å². The van der Waals surface area contributed by atoms with Crippen LogP contribution in [0.2, 0.25) is 0 Å². The number of methoxy groups -OCH3 is 1. The van der Waals surface area contributed by atoms with Crippen LogP contribution in [0.15, 0.2) is 12.1 Å². The molecule has 3 heteroatoms. The van der Waals surface area contributed by atoms with E-state index >= 15 is 0 Å². The second-order valence-corrected chi connectivity index (χ2v) is 4.03. The van der Waals surface area contributed by atoms with Gasteiger partial charge in [-0.2, -0.15) is 0 Å². The molecule has 84 valence electrons. The maximum atomic E-state index is 9.90. The minimum atomic E-state index is -0.562. The van der Waals surface area contributed by atoms with Gasteiger partial charge in [0.1, 0.15) is 12.0 Å². The molecule has 0 saturated carbocycles. The van der Waals surface area contributed by atoms with E-state index in [9.17, 15) is 5.11 Å². The van der Waals surface area contributed by atoms with Crippen molar-refractivity contribution in [2.24, 2.45) is 0 Å². The van der Waals surface area contributed by atoms with E-state index < -0.39 is 6.23 Å². The molecule has 0 aromatic heterocycles. The first-order chi connectivity index (χ1) is 6.97. The Labute approximate surface area is 91.3 Å². The zero-order valence-corrected chi connectivity index (χ0v) is 10.0. The van der Waals surface area contributed by atoms with Crippen LogP contribution in [0.5, 0.6) is 5.75 Å². The molecule has 1 rings (SSSR count). The van der Waals surface area contributed by atoms with Gasteiger partial charge < -0.3 is 9.84 Å². The summed E-state index contributed by atoms with van der Waals surface area (Å²) in [7, 11) is 5.36. The number of aliphatic hydroxyl groups is 1. The first kappa shape index (κ1) is 12.0. The van der Waals surface area contributed by atoms with Crippen molar-refractivity contribution in [1.82, 2.24) is 4.90 Å². The third-order valence-electron chi connectivity index (χ3n) is 2.47. The van der Waals surface area contributed by atoms with E-state index in [-0.39, 0.29) is 0 Å². The maximum Gasteiger partial charge on any atom is 0.133 e. The Kier molecular flexibility index (Phi) is 3.72. The summed E-state index contributed by atoms with van der Waals surface area (Å²) in [4.78, 5) is 1.76. The van der Waals surface area contributed by atoms with Crippen LogP contribution < -0.4 is 4.74 Å². The van der Waals surface area contributed by atoms with Gasteiger partial charge >= 0.3 is 0 Å². The van der Waals surface area contributed by atoms with Crippen molar-refractivity contribution in [1.29, 1.82) is 0 Å². The highest BCUT2D eigenvalue weighted by molar-refractivity contribution is 5.43. The molecule has 0 aliphatic heterocycles. The van der Waals surface area contributed by atoms with E-state index in [1.807, 2.05) is 40.1 Å². The van der Waals surface area contributed by atoms with E-state index in [0.29, 0.717) is 0 Å². The van der Waals surface area contributed by atoms with Crippen LogP contribution in [0, 0.1) is 13.8 Å². The van der Waals surface area contributed by atoms with Crippen molar-refractivity contribution in [2.45, 2.75) is 20.1 Å². The molecule has 0 spiro atoms. The Hall–Kier alpha value is -1.06. The number of aryl methyl sites for hydroxylation is 2. The molecule has 15 heavy (non-hydrogen) atoms. The molecule has 3 nitrogen and oxygen atoms in total. The molecule has 1 aromatic rings. The van der Waals surface area contributed by atoms with Gasteiger partial charge in [-0.05, 0) is 56.8 Å². The average molecular weight is 209 g/mol. The Morgan fingerprint density at radius 3 is 2.00 bits per heavy atom. The first-order valence-corrected chi connectivity index (χ1v) is 4.97. The fourth-order valence-electron chi connectivity index (χ4n) is 1.75. The molecule has 0 heterocycles. The highest BCUT2D eigenvalue weighted by atomic mass is 16.5. The molecule has 0 fully saturated rings. The summed E-state index contributed by atoms with van der Waals surface area (Å²) < 4.78 is 5.28. The predicted molar refractivity (Wildman–Crippen MR) is 61.1 cm³/mol. The molecule has 0 aliphatic carbocycles.